The van der Waals surface area contributed by atoms with E-state index in [4.69, 9.17) is 5.73 Å². The van der Waals surface area contributed by atoms with Crippen molar-refractivity contribution in [2.75, 3.05) is 17.7 Å². The van der Waals surface area contributed by atoms with E-state index in [-0.39, 0.29) is 21.5 Å². The minimum absolute atomic E-state index is 0.132. The number of hydrogen-bond donors (Lipinski definition) is 1. The van der Waals surface area contributed by atoms with Crippen molar-refractivity contribution in [2.24, 2.45) is 0 Å². The lowest BCUT2D eigenvalue weighted by Gasteiger charge is -2.35. The van der Waals surface area contributed by atoms with Crippen LogP contribution in [-0.2, 0) is 9.84 Å². The van der Waals surface area contributed by atoms with Gasteiger partial charge < -0.3 is 10.6 Å². The molecule has 0 saturated heterocycles. The highest BCUT2D eigenvalue weighted by Gasteiger charge is 2.42. The molecule has 1 aromatic rings. The van der Waals surface area contributed by atoms with Gasteiger partial charge in [-0.25, -0.2) is 8.42 Å². The van der Waals surface area contributed by atoms with Crippen LogP contribution in [0.15, 0.2) is 4.90 Å². The molecule has 1 saturated carbocycles. The highest BCUT2D eigenvalue weighted by molar-refractivity contribution is 7.92. The molecule has 0 aliphatic heterocycles. The summed E-state index contributed by atoms with van der Waals surface area (Å²) < 4.78 is 29.0. The second kappa shape index (κ2) is 4.63. The quantitative estimate of drug-likeness (QED) is 0.903. The van der Waals surface area contributed by atoms with E-state index in [0.717, 1.165) is 19.3 Å². The fraction of sp³-hybridized carbons (Fsp3) is 0.750. The molecule has 2 N–H and O–H groups in total. The van der Waals surface area contributed by atoms with Crippen LogP contribution in [0.1, 0.15) is 40.0 Å². The van der Waals surface area contributed by atoms with Gasteiger partial charge in [0.1, 0.15) is 9.90 Å². The third-order valence-electron chi connectivity index (χ3n) is 3.98. The maximum atomic E-state index is 12.5. The molecule has 0 bridgehead atoms. The zero-order valence-corrected chi connectivity index (χ0v) is 13.4. The van der Waals surface area contributed by atoms with Crippen LogP contribution >= 0.6 is 11.5 Å². The number of nitrogens with zero attached hydrogens (tertiary/aromatic N) is 2. The van der Waals surface area contributed by atoms with Gasteiger partial charge >= 0.3 is 0 Å². The van der Waals surface area contributed by atoms with Gasteiger partial charge in [-0.3, -0.25) is 0 Å². The van der Waals surface area contributed by atoms with Gasteiger partial charge in [-0.2, -0.15) is 4.37 Å². The molecular formula is C12H21N3O2S2. The molecule has 0 amide bonds. The Labute approximate surface area is 118 Å². The molecular weight excluding hydrogens is 282 g/mol. The summed E-state index contributed by atoms with van der Waals surface area (Å²) in [6.45, 7) is 6.24. The first-order valence-electron chi connectivity index (χ1n) is 6.44. The van der Waals surface area contributed by atoms with Crippen molar-refractivity contribution in [2.45, 2.75) is 55.7 Å². The van der Waals surface area contributed by atoms with Gasteiger partial charge in [0.2, 0.25) is 0 Å². The van der Waals surface area contributed by atoms with Crippen LogP contribution in [0.5, 0.6) is 0 Å². The largest absolute Gasteiger partial charge is 0.382 e. The standard InChI is InChI=1S/C12H21N3O2S2/c1-5-12(2,3)15(4)11-9(10(13)14-18-11)19(16,17)8-6-7-8/h8H,5-7H2,1-4H3,(H2,13,14). The second-order valence-corrected chi connectivity index (χ2v) is 8.59. The van der Waals surface area contributed by atoms with Gasteiger partial charge in [0.15, 0.2) is 15.7 Å². The molecule has 0 spiro atoms. The number of nitrogen functional groups attached to an aromatic ring is 1. The summed E-state index contributed by atoms with van der Waals surface area (Å²) in [5, 5.41) is 0.402. The molecule has 1 fully saturated rings. The van der Waals surface area contributed by atoms with Crippen molar-refractivity contribution in [3.8, 4) is 0 Å². The fourth-order valence-corrected chi connectivity index (χ4v) is 4.98. The molecule has 1 aromatic heterocycles. The molecule has 0 aromatic carbocycles. The van der Waals surface area contributed by atoms with Gasteiger partial charge in [0.25, 0.3) is 0 Å². The van der Waals surface area contributed by atoms with E-state index < -0.39 is 9.84 Å². The molecule has 1 aliphatic carbocycles. The number of sulfone groups is 1. The van der Waals surface area contributed by atoms with Crippen LogP contribution in [-0.4, -0.2) is 30.6 Å². The Morgan fingerprint density at radius 2 is 2.05 bits per heavy atom. The molecule has 7 heteroatoms. The molecule has 1 aliphatic rings. The molecule has 5 nitrogen and oxygen atoms in total. The number of rotatable bonds is 5. The molecule has 108 valence electrons. The third kappa shape index (κ3) is 2.45. The van der Waals surface area contributed by atoms with E-state index in [2.05, 4.69) is 25.1 Å². The summed E-state index contributed by atoms with van der Waals surface area (Å²) in [7, 11) is -1.41. The van der Waals surface area contributed by atoms with E-state index >= 15 is 0 Å². The Kier molecular flexibility index (Phi) is 3.55. The lowest BCUT2D eigenvalue weighted by molar-refractivity contribution is 0.471. The van der Waals surface area contributed by atoms with E-state index in [1.807, 2.05) is 11.9 Å². The molecule has 1 heterocycles. The summed E-state index contributed by atoms with van der Waals surface area (Å²) in [6, 6.07) is 0. The Hall–Kier alpha value is -0.820. The van der Waals surface area contributed by atoms with Crippen LogP contribution in [0, 0.1) is 0 Å². The van der Waals surface area contributed by atoms with Gasteiger partial charge in [-0.15, -0.1) is 0 Å². The van der Waals surface area contributed by atoms with Crippen LogP contribution in [0.4, 0.5) is 10.8 Å². The molecule has 19 heavy (non-hydrogen) atoms. The van der Waals surface area contributed by atoms with Crippen molar-refractivity contribution >= 4 is 32.2 Å². The van der Waals surface area contributed by atoms with Gasteiger partial charge in [0.05, 0.1) is 5.25 Å². The lowest BCUT2D eigenvalue weighted by Crippen LogP contribution is -2.40. The maximum absolute atomic E-state index is 12.5. The molecule has 0 atom stereocenters. The average Bonchev–Trinajstić information content (AvgIpc) is 3.12. The Bertz CT molecular complexity index is 574. The van der Waals surface area contributed by atoms with Crippen molar-refractivity contribution in [3.05, 3.63) is 0 Å². The summed E-state index contributed by atoms with van der Waals surface area (Å²) in [6.07, 6.45) is 2.38. The number of aromatic nitrogens is 1. The Balaban J connectivity index is 2.49. The zero-order chi connectivity index (χ0) is 14.4. The molecule has 2 rings (SSSR count). The van der Waals surface area contributed by atoms with Crippen molar-refractivity contribution in [1.82, 2.24) is 4.37 Å². The van der Waals surface area contributed by atoms with Gasteiger partial charge in [0, 0.05) is 12.6 Å². The first kappa shape index (κ1) is 14.6. The third-order valence-corrected chi connectivity index (χ3v) is 7.37. The second-order valence-electron chi connectivity index (χ2n) is 5.67. The zero-order valence-electron chi connectivity index (χ0n) is 11.8. The van der Waals surface area contributed by atoms with Crippen molar-refractivity contribution in [1.29, 1.82) is 0 Å². The highest BCUT2D eigenvalue weighted by atomic mass is 32.2. The van der Waals surface area contributed by atoms with Gasteiger partial charge in [-0.05, 0) is 44.6 Å². The van der Waals surface area contributed by atoms with E-state index in [9.17, 15) is 8.42 Å². The minimum Gasteiger partial charge on any atom is -0.382 e. The highest BCUT2D eigenvalue weighted by Crippen LogP contribution is 2.43. The summed E-state index contributed by atoms with van der Waals surface area (Å²) >= 11 is 1.17. The predicted molar refractivity (Wildman–Crippen MR) is 79.5 cm³/mol. The van der Waals surface area contributed by atoms with Crippen LogP contribution in [0.3, 0.4) is 0 Å². The average molecular weight is 303 g/mol. The Morgan fingerprint density at radius 3 is 2.53 bits per heavy atom. The van der Waals surface area contributed by atoms with Crippen molar-refractivity contribution in [3.63, 3.8) is 0 Å². The first-order chi connectivity index (χ1) is 8.71. The van der Waals surface area contributed by atoms with Crippen LogP contribution in [0.25, 0.3) is 0 Å². The van der Waals surface area contributed by atoms with Crippen molar-refractivity contribution < 1.29 is 8.42 Å². The van der Waals surface area contributed by atoms with Crippen LogP contribution < -0.4 is 10.6 Å². The van der Waals surface area contributed by atoms with Gasteiger partial charge in [-0.1, -0.05) is 6.92 Å². The minimum atomic E-state index is -3.32. The molecule has 0 unspecified atom stereocenters. The number of hydrogen-bond acceptors (Lipinski definition) is 6. The van der Waals surface area contributed by atoms with E-state index in [1.165, 1.54) is 11.5 Å². The molecule has 0 radical (unpaired) electrons. The number of anilines is 2. The van der Waals surface area contributed by atoms with E-state index in [1.54, 1.807) is 0 Å². The SMILES string of the molecule is CCC(C)(C)N(C)c1snc(N)c1S(=O)(=O)C1CC1. The predicted octanol–water partition coefficient (Wildman–Crippen LogP) is 2.29. The maximum Gasteiger partial charge on any atom is 0.187 e. The summed E-state index contributed by atoms with van der Waals surface area (Å²) in [4.78, 5) is 2.22. The van der Waals surface area contributed by atoms with Crippen LogP contribution in [0.2, 0.25) is 0 Å². The number of nitrogens with two attached hydrogens (primary N) is 1. The first-order valence-corrected chi connectivity index (χ1v) is 8.76. The summed E-state index contributed by atoms with van der Waals surface area (Å²) in [5.74, 6) is 0.144. The normalized spacial score (nSPS) is 16.6. The smallest absolute Gasteiger partial charge is 0.187 e. The lowest BCUT2D eigenvalue weighted by atomic mass is 10.0. The summed E-state index contributed by atoms with van der Waals surface area (Å²) in [5.41, 5.74) is 5.68. The monoisotopic (exact) mass is 303 g/mol. The topological polar surface area (TPSA) is 76.3 Å². The Morgan fingerprint density at radius 1 is 1.47 bits per heavy atom. The fourth-order valence-electron chi connectivity index (χ4n) is 1.82. The van der Waals surface area contributed by atoms with E-state index in [0.29, 0.717) is 5.00 Å².